The molecule has 1 fully saturated rings. The number of aromatic amines is 1. The number of allylic oxidation sites excluding steroid dienone is 1. The highest BCUT2D eigenvalue weighted by molar-refractivity contribution is 5.83. The number of benzene rings is 1. The molecule has 4 rings (SSSR count). The molecule has 0 spiro atoms. The van der Waals surface area contributed by atoms with Crippen molar-refractivity contribution in [3.63, 3.8) is 0 Å². The fraction of sp³-hybridized carbons (Fsp3) is 0.300. The number of nitrogens with zero attached hydrogens (tertiary/aromatic N) is 3. The van der Waals surface area contributed by atoms with Crippen molar-refractivity contribution in [3.8, 4) is 0 Å². The maximum absolute atomic E-state index is 12.3. The lowest BCUT2D eigenvalue weighted by atomic mass is 9.90. The van der Waals surface area contributed by atoms with Gasteiger partial charge in [0.05, 0.1) is 0 Å². The van der Waals surface area contributed by atoms with Crippen LogP contribution < -0.4 is 10.6 Å². The van der Waals surface area contributed by atoms with Crippen LogP contribution in [0.15, 0.2) is 60.2 Å². The summed E-state index contributed by atoms with van der Waals surface area (Å²) in [5.41, 5.74) is 2.56. The van der Waals surface area contributed by atoms with Crippen LogP contribution in [0.25, 0.3) is 10.9 Å². The number of piperidine rings is 1. The Bertz CT molecular complexity index is 947. The van der Waals surface area contributed by atoms with Gasteiger partial charge in [-0.05, 0) is 30.4 Å². The molecule has 5 nitrogen and oxygen atoms in total. The summed E-state index contributed by atoms with van der Waals surface area (Å²) in [6, 6.07) is 9.97. The maximum atomic E-state index is 12.3. The Balaban J connectivity index is 1.56. The largest absolute Gasteiger partial charge is 0.361 e. The standard InChI is InChI=1S/C20H22N4O/c1-2-5-19-21-11-8-20(25)24(19)23-12-9-15(10-13-23)17-14-22-18-7-4-3-6-16(17)18/h2-4,6-8,11,14-15,22H,1,5,9-10,12-13H2. The van der Waals surface area contributed by atoms with Gasteiger partial charge < -0.3 is 9.99 Å². The summed E-state index contributed by atoms with van der Waals surface area (Å²) >= 11 is 0. The number of nitrogens with one attached hydrogen (secondary N) is 1. The first-order valence-electron chi connectivity index (χ1n) is 8.77. The van der Waals surface area contributed by atoms with E-state index in [4.69, 9.17) is 0 Å². The van der Waals surface area contributed by atoms with Gasteiger partial charge in [0.1, 0.15) is 5.82 Å². The number of aromatic nitrogens is 3. The molecular weight excluding hydrogens is 312 g/mol. The van der Waals surface area contributed by atoms with Gasteiger partial charge in [-0.3, -0.25) is 4.79 Å². The quantitative estimate of drug-likeness (QED) is 0.746. The van der Waals surface area contributed by atoms with Gasteiger partial charge in [-0.25, -0.2) is 9.66 Å². The van der Waals surface area contributed by atoms with E-state index in [0.717, 1.165) is 31.8 Å². The first-order valence-corrected chi connectivity index (χ1v) is 8.77. The van der Waals surface area contributed by atoms with Gasteiger partial charge in [0.25, 0.3) is 5.56 Å². The van der Waals surface area contributed by atoms with E-state index in [2.05, 4.69) is 52.0 Å². The average molecular weight is 334 g/mol. The number of para-hydroxylation sites is 1. The summed E-state index contributed by atoms with van der Waals surface area (Å²) in [7, 11) is 0. The predicted molar refractivity (Wildman–Crippen MR) is 101 cm³/mol. The van der Waals surface area contributed by atoms with Crippen molar-refractivity contribution in [1.82, 2.24) is 14.6 Å². The minimum absolute atomic E-state index is 0.0163. The van der Waals surface area contributed by atoms with Gasteiger partial charge in [-0.2, -0.15) is 0 Å². The molecule has 128 valence electrons. The Morgan fingerprint density at radius 1 is 1.24 bits per heavy atom. The summed E-state index contributed by atoms with van der Waals surface area (Å²) < 4.78 is 1.73. The maximum Gasteiger partial charge on any atom is 0.272 e. The zero-order chi connectivity index (χ0) is 17.2. The number of hydrogen-bond donors (Lipinski definition) is 1. The number of H-pyrrole nitrogens is 1. The summed E-state index contributed by atoms with van der Waals surface area (Å²) in [5, 5.41) is 3.44. The van der Waals surface area contributed by atoms with Crippen molar-refractivity contribution < 1.29 is 0 Å². The molecule has 5 heteroatoms. The highest BCUT2D eigenvalue weighted by atomic mass is 16.1. The van der Waals surface area contributed by atoms with Crippen molar-refractivity contribution >= 4 is 10.9 Å². The zero-order valence-electron chi connectivity index (χ0n) is 14.2. The minimum atomic E-state index is -0.0163. The highest BCUT2D eigenvalue weighted by Crippen LogP contribution is 2.32. The highest BCUT2D eigenvalue weighted by Gasteiger charge is 2.24. The lowest BCUT2D eigenvalue weighted by Gasteiger charge is -2.35. The van der Waals surface area contributed by atoms with Gasteiger partial charge >= 0.3 is 0 Å². The van der Waals surface area contributed by atoms with Crippen molar-refractivity contribution in [2.24, 2.45) is 0 Å². The summed E-state index contributed by atoms with van der Waals surface area (Å²) in [6.45, 7) is 5.46. The average Bonchev–Trinajstić information content (AvgIpc) is 3.07. The normalized spacial score (nSPS) is 15.6. The Morgan fingerprint density at radius 2 is 2.04 bits per heavy atom. The van der Waals surface area contributed by atoms with E-state index < -0.39 is 0 Å². The second-order valence-corrected chi connectivity index (χ2v) is 6.52. The fourth-order valence-corrected chi connectivity index (χ4v) is 3.82. The molecule has 0 radical (unpaired) electrons. The predicted octanol–water partition coefficient (Wildman–Crippen LogP) is 2.97. The molecule has 0 unspecified atom stereocenters. The minimum Gasteiger partial charge on any atom is -0.361 e. The van der Waals surface area contributed by atoms with Crippen LogP contribution in [0.5, 0.6) is 0 Å². The number of fused-ring (bicyclic) bond motifs is 1. The van der Waals surface area contributed by atoms with Crippen LogP contribution in [0.4, 0.5) is 0 Å². The van der Waals surface area contributed by atoms with Gasteiger partial charge in [0, 0.05) is 48.9 Å². The Labute approximate surface area is 146 Å². The van der Waals surface area contributed by atoms with Gasteiger partial charge in [0.2, 0.25) is 0 Å². The van der Waals surface area contributed by atoms with E-state index >= 15 is 0 Å². The monoisotopic (exact) mass is 334 g/mol. The third kappa shape index (κ3) is 2.86. The first kappa shape index (κ1) is 15.7. The lowest BCUT2D eigenvalue weighted by molar-refractivity contribution is 0.419. The zero-order valence-corrected chi connectivity index (χ0v) is 14.2. The van der Waals surface area contributed by atoms with Crippen LogP contribution in [-0.4, -0.2) is 27.7 Å². The third-order valence-electron chi connectivity index (χ3n) is 5.04. The second kappa shape index (κ2) is 6.59. The van der Waals surface area contributed by atoms with E-state index in [1.165, 1.54) is 22.5 Å². The van der Waals surface area contributed by atoms with Crippen LogP contribution in [0.3, 0.4) is 0 Å². The van der Waals surface area contributed by atoms with Crippen LogP contribution >= 0.6 is 0 Å². The smallest absolute Gasteiger partial charge is 0.272 e. The Morgan fingerprint density at radius 3 is 2.84 bits per heavy atom. The van der Waals surface area contributed by atoms with Crippen molar-refractivity contribution in [2.75, 3.05) is 18.1 Å². The van der Waals surface area contributed by atoms with Crippen molar-refractivity contribution in [1.29, 1.82) is 0 Å². The number of rotatable bonds is 4. The SMILES string of the molecule is C=CCc1nccc(=O)n1N1CCC(c2c[nH]c3ccccc23)CC1. The second-order valence-electron chi connectivity index (χ2n) is 6.52. The van der Waals surface area contributed by atoms with Crippen molar-refractivity contribution in [3.05, 3.63) is 77.1 Å². The Kier molecular flexibility index (Phi) is 4.14. The molecule has 0 atom stereocenters. The van der Waals surface area contributed by atoms with E-state index in [1.807, 2.05) is 0 Å². The molecule has 0 saturated carbocycles. The van der Waals surface area contributed by atoms with E-state index in [1.54, 1.807) is 16.9 Å². The van der Waals surface area contributed by atoms with Crippen LogP contribution in [-0.2, 0) is 6.42 Å². The molecule has 0 aliphatic carbocycles. The molecule has 1 saturated heterocycles. The van der Waals surface area contributed by atoms with Crippen molar-refractivity contribution in [2.45, 2.75) is 25.2 Å². The van der Waals surface area contributed by atoms with E-state index in [9.17, 15) is 4.79 Å². The van der Waals surface area contributed by atoms with E-state index in [0.29, 0.717) is 12.3 Å². The lowest BCUT2D eigenvalue weighted by Crippen LogP contribution is -2.48. The van der Waals surface area contributed by atoms with Gasteiger partial charge in [-0.1, -0.05) is 24.3 Å². The molecule has 3 aromatic rings. The van der Waals surface area contributed by atoms with Crippen LogP contribution in [0.1, 0.15) is 30.1 Å². The fourth-order valence-electron chi connectivity index (χ4n) is 3.82. The molecule has 25 heavy (non-hydrogen) atoms. The molecule has 0 amide bonds. The summed E-state index contributed by atoms with van der Waals surface area (Å²) in [6.07, 6.45) is 8.16. The number of hydrogen-bond acceptors (Lipinski definition) is 3. The van der Waals surface area contributed by atoms with Crippen LogP contribution in [0.2, 0.25) is 0 Å². The molecular formula is C20H22N4O. The molecule has 0 bridgehead atoms. The van der Waals surface area contributed by atoms with E-state index in [-0.39, 0.29) is 5.56 Å². The van der Waals surface area contributed by atoms with Crippen LogP contribution in [0, 0.1) is 0 Å². The van der Waals surface area contributed by atoms with Gasteiger partial charge in [-0.15, -0.1) is 6.58 Å². The Hall–Kier alpha value is -2.82. The molecule has 3 heterocycles. The molecule has 1 aliphatic heterocycles. The third-order valence-corrected chi connectivity index (χ3v) is 5.04. The summed E-state index contributed by atoms with van der Waals surface area (Å²) in [4.78, 5) is 20.1. The topological polar surface area (TPSA) is 53.9 Å². The first-order chi connectivity index (χ1) is 12.3. The molecule has 1 aromatic carbocycles. The van der Waals surface area contributed by atoms with Gasteiger partial charge in [0.15, 0.2) is 0 Å². The molecule has 1 aliphatic rings. The molecule has 2 aromatic heterocycles. The summed E-state index contributed by atoms with van der Waals surface area (Å²) in [5.74, 6) is 1.27. The molecule has 1 N–H and O–H groups in total.